The van der Waals surface area contributed by atoms with Gasteiger partial charge in [-0.05, 0) is 0 Å². The van der Waals surface area contributed by atoms with Gasteiger partial charge in [-0.15, -0.1) is 0 Å². The Hall–Kier alpha value is -0.130. The zero-order valence-electron chi connectivity index (χ0n) is 2.42. The van der Waals surface area contributed by atoms with Crippen molar-refractivity contribution in [2.45, 2.75) is 0 Å². The monoisotopic (exact) mass is 99.0 g/mol. The van der Waals surface area contributed by atoms with Crippen molar-refractivity contribution in [3.05, 3.63) is 0 Å². The van der Waals surface area contributed by atoms with Gasteiger partial charge in [0.15, 0.2) is 0 Å². The van der Waals surface area contributed by atoms with Crippen LogP contribution in [0.1, 0.15) is 0 Å². The van der Waals surface area contributed by atoms with Gasteiger partial charge >= 0.3 is 0 Å². The molecule has 0 aliphatic heterocycles. The average molecular weight is 99.1 g/mol. The first kappa shape index (κ1) is 8.85. The van der Waals surface area contributed by atoms with Crippen LogP contribution in [0.2, 0.25) is 0 Å². The summed E-state index contributed by atoms with van der Waals surface area (Å²) < 4.78 is 24.2. The quantitative estimate of drug-likeness (QED) is 0.275. The van der Waals surface area contributed by atoms with E-state index in [1.54, 1.807) is 0 Å². The highest BCUT2D eigenvalue weighted by molar-refractivity contribution is 7.66. The highest BCUT2D eigenvalue weighted by Gasteiger charge is 1.44. The van der Waals surface area contributed by atoms with Crippen molar-refractivity contribution in [2.75, 3.05) is 0 Å². The normalized spacial score (nSPS) is 6.80. The molecule has 0 aromatic heterocycles. The summed E-state index contributed by atoms with van der Waals surface area (Å²) in [5, 5.41) is 0. The molecule has 0 aliphatic carbocycles. The Morgan fingerprint density at radius 1 is 1.40 bits per heavy atom. The summed E-state index contributed by atoms with van der Waals surface area (Å²) in [7, 11) is -3.12. The maximum atomic E-state index is 8.59. The fourth-order valence-electron chi connectivity index (χ4n) is 0. The Kier molecular flexibility index (Phi) is 6.85. The molecule has 0 unspecified atom stereocenters. The van der Waals surface area contributed by atoms with Gasteiger partial charge in [0, 0.05) is 0 Å². The van der Waals surface area contributed by atoms with Gasteiger partial charge in [0.1, 0.15) is 0 Å². The first-order valence-electron chi connectivity index (χ1n) is 0.565. The fraction of sp³-hybridized carbons (Fsp3) is 0. The van der Waals surface area contributed by atoms with Gasteiger partial charge in [0.05, 0.1) is 0 Å². The Labute approximate surface area is 31.2 Å². The Morgan fingerprint density at radius 2 is 1.40 bits per heavy atom. The number of rotatable bonds is 0. The van der Waals surface area contributed by atoms with Gasteiger partial charge in [-0.1, -0.05) is 0 Å². The number of hydrogen-bond acceptors (Lipinski definition) is 3. The molecule has 5 heavy (non-hydrogen) atoms. The average Bonchev–Trinajstić information content (AvgIpc) is 0.811. The maximum absolute atomic E-state index is 8.59. The Morgan fingerprint density at radius 3 is 1.40 bits per heavy atom. The van der Waals surface area contributed by atoms with Crippen molar-refractivity contribution in [1.82, 2.24) is 6.15 Å². The molecular formula is H5NO3S. The summed E-state index contributed by atoms with van der Waals surface area (Å²) in [6.07, 6.45) is 0. The minimum Gasteiger partial charge on any atom is -0.344 e. The molecule has 0 aromatic rings. The molecule has 0 atom stereocenters. The van der Waals surface area contributed by atoms with Crippen molar-refractivity contribution < 1.29 is 13.0 Å². The lowest BCUT2D eigenvalue weighted by Gasteiger charge is -1.43. The van der Waals surface area contributed by atoms with Gasteiger partial charge in [-0.25, -0.2) is 8.42 Å². The molecule has 0 saturated heterocycles. The van der Waals surface area contributed by atoms with E-state index in [0.29, 0.717) is 0 Å². The second kappa shape index (κ2) is 3.87. The van der Waals surface area contributed by atoms with E-state index in [2.05, 4.69) is 0 Å². The van der Waals surface area contributed by atoms with E-state index in [1.807, 2.05) is 0 Å². The highest BCUT2D eigenvalue weighted by atomic mass is 32.2. The molecule has 0 fully saturated rings. The first-order valence-corrected chi connectivity index (χ1v) is 1.70. The smallest absolute Gasteiger partial charge is 0.254 e. The van der Waals surface area contributed by atoms with Gasteiger partial charge in [0.25, 0.3) is 11.0 Å². The molecule has 0 aliphatic rings. The van der Waals surface area contributed by atoms with Crippen LogP contribution in [0, 0.1) is 0 Å². The fourth-order valence-corrected chi connectivity index (χ4v) is 0. The van der Waals surface area contributed by atoms with Crippen LogP contribution in [-0.4, -0.2) is 13.0 Å². The summed E-state index contributed by atoms with van der Waals surface area (Å²) >= 11 is 0. The lowest BCUT2D eigenvalue weighted by Crippen LogP contribution is -1.58. The second-order valence-corrected chi connectivity index (χ2v) is 0.714. The molecule has 0 heterocycles. The lowest BCUT2D eigenvalue weighted by atomic mass is 14.0. The maximum Gasteiger partial charge on any atom is 0.254 e. The van der Waals surface area contributed by atoms with Crippen molar-refractivity contribution >= 4 is 11.0 Å². The van der Waals surface area contributed by atoms with Gasteiger partial charge in [0.2, 0.25) is 0 Å². The molecule has 0 bridgehead atoms. The van der Waals surface area contributed by atoms with Crippen molar-refractivity contribution in [3.8, 4) is 0 Å². The Bertz CT molecular complexity index is 55.3. The van der Waals surface area contributed by atoms with Crippen LogP contribution < -0.4 is 6.15 Å². The van der Waals surface area contributed by atoms with E-state index < -0.39 is 11.0 Å². The van der Waals surface area contributed by atoms with Crippen LogP contribution in [0.5, 0.6) is 0 Å². The molecule has 4 N–H and O–H groups in total. The molecule has 0 rings (SSSR count). The van der Waals surface area contributed by atoms with E-state index in [0.717, 1.165) is 0 Å². The summed E-state index contributed by atoms with van der Waals surface area (Å²) in [5.74, 6) is 0. The lowest BCUT2D eigenvalue weighted by molar-refractivity contribution is 0.509. The van der Waals surface area contributed by atoms with Crippen molar-refractivity contribution in [2.24, 2.45) is 0 Å². The van der Waals surface area contributed by atoms with E-state index in [1.165, 1.54) is 0 Å². The third-order valence-electron chi connectivity index (χ3n) is 0. The summed E-state index contributed by atoms with van der Waals surface area (Å²) in [6.45, 7) is 0. The second-order valence-electron chi connectivity index (χ2n) is 0.238. The summed E-state index contributed by atoms with van der Waals surface area (Å²) in [6, 6.07) is 0. The van der Waals surface area contributed by atoms with E-state index >= 15 is 0 Å². The van der Waals surface area contributed by atoms with E-state index in [-0.39, 0.29) is 6.15 Å². The van der Waals surface area contributed by atoms with Gasteiger partial charge in [-0.3, -0.25) is 4.55 Å². The third-order valence-corrected chi connectivity index (χ3v) is 0. The zero-order chi connectivity index (χ0) is 3.58. The van der Waals surface area contributed by atoms with E-state index in [9.17, 15) is 0 Å². The largest absolute Gasteiger partial charge is 0.344 e. The predicted octanol–water partition coefficient (Wildman–Crippen LogP) is -0.767. The molecule has 0 spiro atoms. The van der Waals surface area contributed by atoms with Crippen LogP contribution in [0.4, 0.5) is 0 Å². The summed E-state index contributed by atoms with van der Waals surface area (Å²) in [5.41, 5.74) is 0. The van der Waals surface area contributed by atoms with Crippen LogP contribution in [-0.2, 0) is 11.0 Å². The minimum atomic E-state index is -3.12. The Balaban J connectivity index is 0. The molecule has 0 amide bonds. The SMILES string of the molecule is N.O=[SH](=O)O. The third kappa shape index (κ3) is 801. The predicted molar refractivity (Wildman–Crippen MR) is 18.0 cm³/mol. The first-order chi connectivity index (χ1) is 1.73. The minimum absolute atomic E-state index is 0. The molecule has 0 saturated carbocycles. The van der Waals surface area contributed by atoms with Crippen molar-refractivity contribution in [1.29, 1.82) is 0 Å². The standard InChI is InChI=1S/H3N.H2O3S/c;1-4(2)3/h1H3;4H,(H,1,2,3). The van der Waals surface area contributed by atoms with Gasteiger partial charge < -0.3 is 6.15 Å². The summed E-state index contributed by atoms with van der Waals surface area (Å²) in [4.78, 5) is 0. The van der Waals surface area contributed by atoms with Crippen molar-refractivity contribution in [3.63, 3.8) is 0 Å². The number of thiol groups is 1. The number of hydrogen-bond donors (Lipinski definition) is 3. The van der Waals surface area contributed by atoms with Crippen LogP contribution in [0.15, 0.2) is 0 Å². The topological polar surface area (TPSA) is 89.4 Å². The van der Waals surface area contributed by atoms with Crippen LogP contribution in [0.3, 0.4) is 0 Å². The van der Waals surface area contributed by atoms with Crippen LogP contribution >= 0.6 is 0 Å². The van der Waals surface area contributed by atoms with Gasteiger partial charge in [-0.2, -0.15) is 0 Å². The highest BCUT2D eigenvalue weighted by Crippen LogP contribution is 1.27. The molecule has 4 nitrogen and oxygen atoms in total. The molecular weight excluding hydrogens is 94.1 g/mol. The molecule has 0 radical (unpaired) electrons. The van der Waals surface area contributed by atoms with Crippen LogP contribution in [0.25, 0.3) is 0 Å². The molecule has 34 valence electrons. The zero-order valence-corrected chi connectivity index (χ0v) is 3.31. The molecule has 5 heteroatoms. The molecule has 0 aromatic carbocycles. The van der Waals surface area contributed by atoms with E-state index in [4.69, 9.17) is 13.0 Å².